The highest BCUT2D eigenvalue weighted by molar-refractivity contribution is 7.98. The molecule has 0 radical (unpaired) electrons. The van der Waals surface area contributed by atoms with Crippen molar-refractivity contribution in [2.24, 2.45) is 0 Å². The fourth-order valence-electron chi connectivity index (χ4n) is 1.91. The molecule has 22 heavy (non-hydrogen) atoms. The highest BCUT2D eigenvalue weighted by Gasteiger charge is 2.08. The Balaban J connectivity index is 1.61. The third kappa shape index (κ3) is 4.03. The van der Waals surface area contributed by atoms with Crippen molar-refractivity contribution < 1.29 is 4.42 Å². The summed E-state index contributed by atoms with van der Waals surface area (Å²) in [6.07, 6.45) is 0.640. The van der Waals surface area contributed by atoms with Crippen LogP contribution < -0.4 is 0 Å². The maximum atomic E-state index is 6.00. The van der Waals surface area contributed by atoms with Crippen LogP contribution in [0.4, 0.5) is 0 Å². The van der Waals surface area contributed by atoms with Gasteiger partial charge in [-0.15, -0.1) is 10.2 Å². The molecule has 0 spiro atoms. The Kier molecular flexibility index (Phi) is 5.03. The second-order valence-corrected chi connectivity index (χ2v) is 6.40. The molecular formula is C16H12Cl2N2OS. The summed E-state index contributed by atoms with van der Waals surface area (Å²) in [5, 5.41) is 9.78. The van der Waals surface area contributed by atoms with Crippen molar-refractivity contribution in [3.63, 3.8) is 0 Å². The van der Waals surface area contributed by atoms with Gasteiger partial charge < -0.3 is 4.42 Å². The molecule has 0 fully saturated rings. The summed E-state index contributed by atoms with van der Waals surface area (Å²) in [4.78, 5) is 0. The molecule has 3 nitrogen and oxygen atoms in total. The molecule has 0 N–H and O–H groups in total. The molecule has 0 atom stereocenters. The van der Waals surface area contributed by atoms with Crippen LogP contribution in [-0.2, 0) is 12.2 Å². The maximum Gasteiger partial charge on any atom is 0.276 e. The molecule has 6 heteroatoms. The zero-order valence-electron chi connectivity index (χ0n) is 11.5. The van der Waals surface area contributed by atoms with Gasteiger partial charge in [-0.3, -0.25) is 0 Å². The summed E-state index contributed by atoms with van der Waals surface area (Å²) in [6.45, 7) is 0. The average molecular weight is 351 g/mol. The molecule has 3 rings (SSSR count). The van der Waals surface area contributed by atoms with E-state index in [9.17, 15) is 0 Å². The Morgan fingerprint density at radius 3 is 2.50 bits per heavy atom. The van der Waals surface area contributed by atoms with Gasteiger partial charge in [-0.1, -0.05) is 71.4 Å². The number of thioether (sulfide) groups is 1. The van der Waals surface area contributed by atoms with Gasteiger partial charge in [0.15, 0.2) is 0 Å². The first-order valence-electron chi connectivity index (χ1n) is 6.64. The van der Waals surface area contributed by atoms with Gasteiger partial charge >= 0.3 is 0 Å². The number of rotatable bonds is 5. The Hall–Kier alpha value is -1.49. The van der Waals surface area contributed by atoms with Gasteiger partial charge in [0.25, 0.3) is 5.22 Å². The molecule has 0 aliphatic heterocycles. The zero-order chi connectivity index (χ0) is 15.4. The van der Waals surface area contributed by atoms with Gasteiger partial charge in [0.1, 0.15) is 0 Å². The topological polar surface area (TPSA) is 38.9 Å². The molecule has 0 saturated heterocycles. The number of benzene rings is 2. The minimum absolute atomic E-state index is 0.551. The largest absolute Gasteiger partial charge is 0.416 e. The molecule has 0 unspecified atom stereocenters. The Morgan fingerprint density at radius 1 is 0.909 bits per heavy atom. The number of nitrogens with zero attached hydrogens (tertiary/aromatic N) is 2. The van der Waals surface area contributed by atoms with E-state index in [-0.39, 0.29) is 0 Å². The summed E-state index contributed by atoms with van der Waals surface area (Å²) >= 11 is 13.4. The van der Waals surface area contributed by atoms with E-state index in [0.29, 0.717) is 33.3 Å². The lowest BCUT2D eigenvalue weighted by Gasteiger charge is -2.00. The molecule has 3 aromatic rings. The number of halogens is 2. The monoisotopic (exact) mass is 350 g/mol. The Bertz CT molecular complexity index is 762. The summed E-state index contributed by atoms with van der Waals surface area (Å²) in [5.74, 6) is 1.31. The van der Waals surface area contributed by atoms with Crippen molar-refractivity contribution in [1.82, 2.24) is 10.2 Å². The highest BCUT2D eigenvalue weighted by atomic mass is 35.5. The lowest BCUT2D eigenvalue weighted by molar-refractivity contribution is 0.420. The van der Waals surface area contributed by atoms with Crippen molar-refractivity contribution in [2.45, 2.75) is 17.4 Å². The predicted molar refractivity (Wildman–Crippen MR) is 89.6 cm³/mol. The quantitative estimate of drug-likeness (QED) is 0.588. The van der Waals surface area contributed by atoms with Crippen molar-refractivity contribution in [3.8, 4) is 0 Å². The highest BCUT2D eigenvalue weighted by Crippen LogP contribution is 2.27. The molecule has 0 saturated carbocycles. The van der Waals surface area contributed by atoms with Crippen LogP contribution in [0.15, 0.2) is 58.2 Å². The van der Waals surface area contributed by atoms with Crippen LogP contribution in [0, 0.1) is 0 Å². The van der Waals surface area contributed by atoms with E-state index in [2.05, 4.69) is 10.2 Å². The van der Waals surface area contributed by atoms with Crippen LogP contribution in [0.3, 0.4) is 0 Å². The van der Waals surface area contributed by atoms with Gasteiger partial charge in [0, 0.05) is 5.75 Å². The summed E-state index contributed by atoms with van der Waals surface area (Å²) in [5.41, 5.74) is 2.20. The van der Waals surface area contributed by atoms with Gasteiger partial charge in [-0.2, -0.15) is 0 Å². The minimum atomic E-state index is 0.551. The molecule has 112 valence electrons. The number of aromatic nitrogens is 2. The van der Waals surface area contributed by atoms with Crippen molar-refractivity contribution in [1.29, 1.82) is 0 Å². The molecule has 0 amide bonds. The van der Waals surface area contributed by atoms with E-state index in [1.807, 2.05) is 42.5 Å². The zero-order valence-corrected chi connectivity index (χ0v) is 13.8. The summed E-state index contributed by atoms with van der Waals surface area (Å²) in [7, 11) is 0. The fourth-order valence-corrected chi connectivity index (χ4v) is 2.96. The molecule has 0 bridgehead atoms. The number of hydrogen-bond donors (Lipinski definition) is 0. The Labute approximate surface area is 142 Å². The standard InChI is InChI=1S/C16H12Cl2N2OS/c17-13-7-6-12(8-14(13)18)10-22-16-20-19-15(21-16)9-11-4-2-1-3-5-11/h1-8H,9-10H2. The number of hydrogen-bond acceptors (Lipinski definition) is 4. The molecular weight excluding hydrogens is 339 g/mol. The van der Waals surface area contributed by atoms with Gasteiger partial charge in [0.2, 0.25) is 5.89 Å². The third-order valence-corrected chi connectivity index (χ3v) is 4.62. The third-order valence-electron chi connectivity index (χ3n) is 2.99. The van der Waals surface area contributed by atoms with Crippen LogP contribution >= 0.6 is 35.0 Å². The van der Waals surface area contributed by atoms with Crippen LogP contribution in [0.5, 0.6) is 0 Å². The smallest absolute Gasteiger partial charge is 0.276 e. The van der Waals surface area contributed by atoms with Crippen molar-refractivity contribution in [2.75, 3.05) is 0 Å². The SMILES string of the molecule is Clc1ccc(CSc2nnc(Cc3ccccc3)o2)cc1Cl. The molecule has 0 aliphatic rings. The van der Waals surface area contributed by atoms with Gasteiger partial charge in [-0.05, 0) is 23.3 Å². The second-order valence-electron chi connectivity index (χ2n) is 4.66. The molecule has 2 aromatic carbocycles. The minimum Gasteiger partial charge on any atom is -0.416 e. The first-order valence-corrected chi connectivity index (χ1v) is 8.38. The molecule has 1 aromatic heterocycles. The van der Waals surface area contributed by atoms with Gasteiger partial charge in [-0.25, -0.2) is 0 Å². The van der Waals surface area contributed by atoms with Crippen LogP contribution in [0.25, 0.3) is 0 Å². The first kappa shape index (κ1) is 15.4. The lowest BCUT2D eigenvalue weighted by Crippen LogP contribution is -1.87. The Morgan fingerprint density at radius 2 is 1.73 bits per heavy atom. The van der Waals surface area contributed by atoms with Crippen LogP contribution in [-0.4, -0.2) is 10.2 Å². The first-order chi connectivity index (χ1) is 10.7. The van der Waals surface area contributed by atoms with E-state index in [0.717, 1.165) is 11.1 Å². The van der Waals surface area contributed by atoms with E-state index in [4.69, 9.17) is 27.6 Å². The van der Waals surface area contributed by atoms with Crippen LogP contribution in [0.2, 0.25) is 10.0 Å². The van der Waals surface area contributed by atoms with E-state index in [1.165, 1.54) is 11.8 Å². The van der Waals surface area contributed by atoms with Crippen LogP contribution in [0.1, 0.15) is 17.0 Å². The normalized spacial score (nSPS) is 10.8. The predicted octanol–water partition coefficient (Wildman–Crippen LogP) is 5.26. The van der Waals surface area contributed by atoms with Crippen molar-refractivity contribution in [3.05, 3.63) is 75.6 Å². The molecule has 0 aliphatic carbocycles. The second kappa shape index (κ2) is 7.18. The van der Waals surface area contributed by atoms with E-state index in [1.54, 1.807) is 6.07 Å². The lowest BCUT2D eigenvalue weighted by atomic mass is 10.2. The summed E-state index contributed by atoms with van der Waals surface area (Å²) in [6, 6.07) is 15.6. The summed E-state index contributed by atoms with van der Waals surface area (Å²) < 4.78 is 5.64. The van der Waals surface area contributed by atoms with Crippen molar-refractivity contribution >= 4 is 35.0 Å². The maximum absolute atomic E-state index is 6.00. The fraction of sp³-hybridized carbons (Fsp3) is 0.125. The van der Waals surface area contributed by atoms with E-state index < -0.39 is 0 Å². The van der Waals surface area contributed by atoms with Gasteiger partial charge in [0.05, 0.1) is 16.5 Å². The van der Waals surface area contributed by atoms with E-state index >= 15 is 0 Å². The molecule has 1 heterocycles. The average Bonchev–Trinajstić information content (AvgIpc) is 2.97.